The molecule has 0 spiro atoms. The summed E-state index contributed by atoms with van der Waals surface area (Å²) in [7, 11) is 0. The molecule has 0 saturated carbocycles. The first kappa shape index (κ1) is 17.6. The summed E-state index contributed by atoms with van der Waals surface area (Å²) >= 11 is 0. The predicted molar refractivity (Wildman–Crippen MR) is 101 cm³/mol. The molecule has 0 unspecified atom stereocenters. The van der Waals surface area contributed by atoms with Crippen molar-refractivity contribution in [2.75, 3.05) is 5.32 Å². The second kappa shape index (κ2) is 7.07. The lowest BCUT2D eigenvalue weighted by Gasteiger charge is -2.07. The van der Waals surface area contributed by atoms with Gasteiger partial charge in [0.05, 0.1) is 0 Å². The molecule has 0 fully saturated rings. The van der Waals surface area contributed by atoms with Crippen LogP contribution in [0.15, 0.2) is 64.2 Å². The van der Waals surface area contributed by atoms with Gasteiger partial charge in [-0.1, -0.05) is 29.4 Å². The molecule has 0 aliphatic carbocycles. The van der Waals surface area contributed by atoms with Crippen molar-refractivity contribution in [2.45, 2.75) is 13.5 Å². The van der Waals surface area contributed by atoms with E-state index in [9.17, 15) is 14.0 Å². The summed E-state index contributed by atoms with van der Waals surface area (Å²) in [6.07, 6.45) is 1.22. The molecule has 0 aliphatic rings. The van der Waals surface area contributed by atoms with Crippen LogP contribution in [0.2, 0.25) is 0 Å². The van der Waals surface area contributed by atoms with E-state index in [-0.39, 0.29) is 29.2 Å². The predicted octanol–water partition coefficient (Wildman–Crippen LogP) is 3.14. The van der Waals surface area contributed by atoms with Crippen LogP contribution in [0.25, 0.3) is 22.4 Å². The van der Waals surface area contributed by atoms with Gasteiger partial charge in [-0.25, -0.2) is 9.37 Å². The Hall–Kier alpha value is -3.81. The topological polar surface area (TPSA) is 90.0 Å². The van der Waals surface area contributed by atoms with Gasteiger partial charge in [0.15, 0.2) is 0 Å². The molecular weight excluding hydrogens is 363 g/mol. The second-order valence-electron chi connectivity index (χ2n) is 6.32. The molecule has 0 bridgehead atoms. The number of aromatic nitrogens is 3. The van der Waals surface area contributed by atoms with E-state index >= 15 is 0 Å². The Kier molecular flexibility index (Phi) is 4.44. The van der Waals surface area contributed by atoms with Crippen LogP contribution in [0.5, 0.6) is 0 Å². The van der Waals surface area contributed by atoms with Crippen molar-refractivity contribution in [2.24, 2.45) is 0 Å². The number of anilines is 1. The Morgan fingerprint density at radius 2 is 2.04 bits per heavy atom. The number of fused-ring (bicyclic) bond motifs is 1. The average Bonchev–Trinajstić information content (AvgIpc) is 3.09. The van der Waals surface area contributed by atoms with Gasteiger partial charge < -0.3 is 9.84 Å². The molecule has 4 rings (SSSR count). The van der Waals surface area contributed by atoms with Crippen molar-refractivity contribution in [1.82, 2.24) is 14.7 Å². The van der Waals surface area contributed by atoms with Crippen LogP contribution >= 0.6 is 0 Å². The van der Waals surface area contributed by atoms with Crippen LogP contribution in [0.3, 0.4) is 0 Å². The van der Waals surface area contributed by atoms with Gasteiger partial charge in [0.1, 0.15) is 29.8 Å². The monoisotopic (exact) mass is 378 g/mol. The number of nitrogens with zero attached hydrogens (tertiary/aromatic N) is 3. The molecular formula is C20H15FN4O3. The van der Waals surface area contributed by atoms with Gasteiger partial charge in [0, 0.05) is 11.3 Å². The smallest absolute Gasteiger partial charge is 0.267 e. The molecule has 0 radical (unpaired) electrons. The molecule has 0 aliphatic heterocycles. The Balaban J connectivity index is 1.67. The number of rotatable bonds is 4. The fraction of sp³-hybridized carbons (Fsp3) is 0.100. The number of hydrogen-bond acceptors (Lipinski definition) is 5. The van der Waals surface area contributed by atoms with Crippen LogP contribution in [0.4, 0.5) is 10.1 Å². The summed E-state index contributed by atoms with van der Waals surface area (Å²) in [5, 5.41) is 6.68. The molecule has 1 N–H and O–H groups in total. The summed E-state index contributed by atoms with van der Waals surface area (Å²) in [6, 6.07) is 13.0. The summed E-state index contributed by atoms with van der Waals surface area (Å²) in [6.45, 7) is 1.68. The van der Waals surface area contributed by atoms with E-state index in [4.69, 9.17) is 4.52 Å². The van der Waals surface area contributed by atoms with Gasteiger partial charge >= 0.3 is 0 Å². The first-order valence-corrected chi connectivity index (χ1v) is 8.48. The van der Waals surface area contributed by atoms with Crippen LogP contribution in [0, 0.1) is 12.7 Å². The van der Waals surface area contributed by atoms with Crippen molar-refractivity contribution in [3.05, 3.63) is 76.6 Å². The normalized spacial score (nSPS) is 10.9. The van der Waals surface area contributed by atoms with Gasteiger partial charge in [0.25, 0.3) is 11.3 Å². The molecule has 140 valence electrons. The third-order valence-corrected chi connectivity index (χ3v) is 4.18. The number of nitrogens with one attached hydrogen (secondary N) is 1. The highest BCUT2D eigenvalue weighted by Crippen LogP contribution is 2.24. The van der Waals surface area contributed by atoms with Crippen molar-refractivity contribution in [1.29, 1.82) is 0 Å². The molecule has 2 aromatic carbocycles. The van der Waals surface area contributed by atoms with Crippen molar-refractivity contribution >= 4 is 22.7 Å². The zero-order valence-corrected chi connectivity index (χ0v) is 14.8. The number of hydrogen-bond donors (Lipinski definition) is 1. The average molecular weight is 378 g/mol. The highest BCUT2D eigenvalue weighted by Gasteiger charge is 2.18. The molecule has 28 heavy (non-hydrogen) atoms. The first-order valence-electron chi connectivity index (χ1n) is 8.48. The molecule has 4 aromatic rings. The quantitative estimate of drug-likeness (QED) is 0.589. The summed E-state index contributed by atoms with van der Waals surface area (Å²) in [4.78, 5) is 29.2. The summed E-state index contributed by atoms with van der Waals surface area (Å²) in [5.74, 6) is -0.840. The Labute approximate surface area is 158 Å². The minimum atomic E-state index is -0.495. The number of halogens is 1. The van der Waals surface area contributed by atoms with Crippen molar-refractivity contribution < 1.29 is 13.7 Å². The Bertz CT molecular complexity index is 1250. The fourth-order valence-corrected chi connectivity index (χ4v) is 2.90. The van der Waals surface area contributed by atoms with E-state index in [1.807, 2.05) is 25.1 Å². The number of amides is 1. The fourth-order valence-electron chi connectivity index (χ4n) is 2.90. The Morgan fingerprint density at radius 1 is 1.21 bits per heavy atom. The van der Waals surface area contributed by atoms with Gasteiger partial charge in [0.2, 0.25) is 5.91 Å². The van der Waals surface area contributed by atoms with Crippen molar-refractivity contribution in [3.8, 4) is 11.3 Å². The van der Waals surface area contributed by atoms with Gasteiger partial charge in [-0.3, -0.25) is 14.2 Å². The minimum absolute atomic E-state index is 0.0274. The van der Waals surface area contributed by atoms with Crippen LogP contribution in [-0.2, 0) is 11.3 Å². The van der Waals surface area contributed by atoms with Gasteiger partial charge in [-0.05, 0) is 36.8 Å². The molecule has 2 aromatic heterocycles. The van der Waals surface area contributed by atoms with Crippen molar-refractivity contribution in [3.63, 3.8) is 0 Å². The minimum Gasteiger partial charge on any atom is -0.335 e. The molecule has 1 amide bonds. The largest absolute Gasteiger partial charge is 0.335 e. The molecule has 2 heterocycles. The lowest BCUT2D eigenvalue weighted by Crippen LogP contribution is -2.27. The number of benzene rings is 2. The number of carbonyl (C=O) groups excluding carboxylic acids is 1. The van der Waals surface area contributed by atoms with Crippen LogP contribution in [0.1, 0.15) is 5.56 Å². The lowest BCUT2D eigenvalue weighted by atomic mass is 10.1. The van der Waals surface area contributed by atoms with E-state index in [0.29, 0.717) is 11.3 Å². The van der Waals surface area contributed by atoms with Crippen LogP contribution in [-0.4, -0.2) is 20.6 Å². The maximum atomic E-state index is 13.5. The number of aryl methyl sites for hydroxylation is 1. The maximum absolute atomic E-state index is 13.5. The highest BCUT2D eigenvalue weighted by atomic mass is 19.1. The summed E-state index contributed by atoms with van der Waals surface area (Å²) in [5.41, 5.74) is 1.74. The van der Waals surface area contributed by atoms with Gasteiger partial charge in [-0.2, -0.15) is 0 Å². The Morgan fingerprint density at radius 3 is 2.82 bits per heavy atom. The molecule has 0 atom stereocenters. The van der Waals surface area contributed by atoms with E-state index in [0.717, 1.165) is 10.1 Å². The third kappa shape index (κ3) is 3.39. The van der Waals surface area contributed by atoms with E-state index in [2.05, 4.69) is 15.5 Å². The molecule has 8 heteroatoms. The zero-order chi connectivity index (χ0) is 19.7. The van der Waals surface area contributed by atoms with E-state index in [1.54, 1.807) is 12.1 Å². The zero-order valence-electron chi connectivity index (χ0n) is 14.8. The number of carbonyl (C=O) groups is 1. The van der Waals surface area contributed by atoms with Crippen LogP contribution < -0.4 is 10.9 Å². The third-order valence-electron chi connectivity index (χ3n) is 4.18. The van der Waals surface area contributed by atoms with Gasteiger partial charge in [-0.15, -0.1) is 0 Å². The maximum Gasteiger partial charge on any atom is 0.267 e. The standard InChI is InChI=1S/C20H15FN4O3/c1-12-4-2-7-15(8-12)23-16(26)10-25-11-22-19-17(20(25)27)18(24-28-19)13-5-3-6-14(21)9-13/h2-9,11H,10H2,1H3,(H,23,26). The van der Waals surface area contributed by atoms with E-state index in [1.165, 1.54) is 24.5 Å². The molecule has 0 saturated heterocycles. The highest BCUT2D eigenvalue weighted by molar-refractivity contribution is 5.91. The molecule has 7 nitrogen and oxygen atoms in total. The SMILES string of the molecule is Cc1cccc(NC(=O)Cn2cnc3onc(-c4cccc(F)c4)c3c2=O)c1. The lowest BCUT2D eigenvalue weighted by molar-refractivity contribution is -0.116. The summed E-state index contributed by atoms with van der Waals surface area (Å²) < 4.78 is 19.8. The second-order valence-corrected chi connectivity index (χ2v) is 6.32. The first-order chi connectivity index (χ1) is 13.5. The van der Waals surface area contributed by atoms with E-state index < -0.39 is 11.4 Å².